The lowest BCUT2D eigenvalue weighted by atomic mass is 9.98. The second-order valence-corrected chi connectivity index (χ2v) is 8.58. The molecule has 0 spiro atoms. The highest BCUT2D eigenvalue weighted by Crippen LogP contribution is 2.32. The molecule has 0 bridgehead atoms. The van der Waals surface area contributed by atoms with E-state index in [1.807, 2.05) is 24.6 Å². The zero-order chi connectivity index (χ0) is 24.8. The van der Waals surface area contributed by atoms with Crippen molar-refractivity contribution in [1.82, 2.24) is 4.98 Å². The molecule has 0 saturated heterocycles. The van der Waals surface area contributed by atoms with E-state index in [2.05, 4.69) is 20.9 Å². The number of hydrogen-bond acceptors (Lipinski definition) is 5. The summed E-state index contributed by atoms with van der Waals surface area (Å²) in [5, 5.41) is 12.1. The average Bonchev–Trinajstić information content (AvgIpc) is 3.33. The summed E-state index contributed by atoms with van der Waals surface area (Å²) in [6, 6.07) is 18.9. The maximum absolute atomic E-state index is 13.0. The number of nitrogens with one attached hydrogen (secondary N) is 3. The van der Waals surface area contributed by atoms with E-state index in [1.54, 1.807) is 47.7 Å². The van der Waals surface area contributed by atoms with Crippen LogP contribution in [0.15, 0.2) is 78.2 Å². The van der Waals surface area contributed by atoms with Crippen LogP contribution < -0.4 is 16.0 Å². The van der Waals surface area contributed by atoms with E-state index in [1.165, 1.54) is 12.1 Å². The monoisotopic (exact) mass is 496 g/mol. The highest BCUT2D eigenvalue weighted by atomic mass is 32.1. The predicted octanol–water partition coefficient (Wildman–Crippen LogP) is 6.78. The minimum absolute atomic E-state index is 0.343. The van der Waals surface area contributed by atoms with Crippen LogP contribution in [-0.2, 0) is 12.6 Å². The van der Waals surface area contributed by atoms with E-state index >= 15 is 0 Å². The largest absolute Gasteiger partial charge is 0.416 e. The van der Waals surface area contributed by atoms with Gasteiger partial charge in [0.25, 0.3) is 5.91 Å². The van der Waals surface area contributed by atoms with Crippen molar-refractivity contribution in [3.05, 3.63) is 95.0 Å². The summed E-state index contributed by atoms with van der Waals surface area (Å²) >= 11 is 1.57. The summed E-state index contributed by atoms with van der Waals surface area (Å²) in [7, 11) is 1.84. The lowest BCUT2D eigenvalue weighted by Crippen LogP contribution is -2.13. The van der Waals surface area contributed by atoms with Crippen molar-refractivity contribution in [3.63, 3.8) is 0 Å². The third-order valence-corrected chi connectivity index (χ3v) is 6.22. The zero-order valence-corrected chi connectivity index (χ0v) is 19.6. The summed E-state index contributed by atoms with van der Waals surface area (Å²) in [4.78, 5) is 17.4. The van der Waals surface area contributed by atoms with Crippen molar-refractivity contribution in [2.45, 2.75) is 12.6 Å². The molecule has 5 nitrogen and oxygen atoms in total. The zero-order valence-electron chi connectivity index (χ0n) is 18.8. The summed E-state index contributed by atoms with van der Waals surface area (Å²) in [6.45, 7) is 0.721. The van der Waals surface area contributed by atoms with Gasteiger partial charge in [-0.05, 0) is 53.6 Å². The van der Waals surface area contributed by atoms with Gasteiger partial charge in [-0.1, -0.05) is 30.3 Å². The second-order valence-electron chi connectivity index (χ2n) is 7.72. The van der Waals surface area contributed by atoms with Crippen molar-refractivity contribution in [2.75, 3.05) is 29.5 Å². The van der Waals surface area contributed by atoms with E-state index in [0.717, 1.165) is 41.6 Å². The lowest BCUT2D eigenvalue weighted by Gasteiger charge is -2.12. The van der Waals surface area contributed by atoms with Crippen LogP contribution in [0, 0.1) is 0 Å². The molecule has 0 unspecified atom stereocenters. The molecule has 3 aromatic carbocycles. The van der Waals surface area contributed by atoms with Crippen LogP contribution in [0.1, 0.15) is 21.6 Å². The Morgan fingerprint density at radius 3 is 2.29 bits per heavy atom. The minimum Gasteiger partial charge on any atom is -0.385 e. The van der Waals surface area contributed by atoms with Crippen LogP contribution in [0.3, 0.4) is 0 Å². The quantitative estimate of drug-likeness (QED) is 0.252. The Labute approximate surface area is 205 Å². The van der Waals surface area contributed by atoms with Gasteiger partial charge in [0.05, 0.1) is 11.3 Å². The topological polar surface area (TPSA) is 66.1 Å². The maximum atomic E-state index is 13.0. The van der Waals surface area contributed by atoms with Gasteiger partial charge in [-0.15, -0.1) is 11.3 Å². The number of hydrogen-bond donors (Lipinski definition) is 3. The number of halogens is 3. The fraction of sp³-hybridized carbons (Fsp3) is 0.154. The molecule has 1 heterocycles. The number of carbonyl (C=O) groups is 1. The SMILES string of the molecule is CNc1nc(CCNc2ccc(NC(=O)c3ccccc3-c3ccc(C(F)(F)F)cc3)cc2)cs1. The van der Waals surface area contributed by atoms with Crippen molar-refractivity contribution in [1.29, 1.82) is 0 Å². The molecule has 35 heavy (non-hydrogen) atoms. The Bertz CT molecular complexity index is 1290. The van der Waals surface area contributed by atoms with Crippen LogP contribution in [0.5, 0.6) is 0 Å². The highest BCUT2D eigenvalue weighted by molar-refractivity contribution is 7.13. The van der Waals surface area contributed by atoms with Crippen molar-refractivity contribution < 1.29 is 18.0 Å². The van der Waals surface area contributed by atoms with Crippen molar-refractivity contribution in [3.8, 4) is 11.1 Å². The van der Waals surface area contributed by atoms with Gasteiger partial charge >= 0.3 is 6.18 Å². The van der Waals surface area contributed by atoms with Gasteiger partial charge < -0.3 is 16.0 Å². The first-order valence-electron chi connectivity index (χ1n) is 10.9. The first kappa shape index (κ1) is 24.3. The molecule has 0 aliphatic rings. The van der Waals surface area contributed by atoms with Gasteiger partial charge in [-0.2, -0.15) is 13.2 Å². The summed E-state index contributed by atoms with van der Waals surface area (Å²) in [5.41, 5.74) is 3.27. The number of amides is 1. The van der Waals surface area contributed by atoms with E-state index in [9.17, 15) is 18.0 Å². The number of alkyl halides is 3. The molecule has 4 rings (SSSR count). The molecular formula is C26H23F3N4OS. The third-order valence-electron chi connectivity index (χ3n) is 5.31. The first-order valence-corrected chi connectivity index (χ1v) is 11.8. The van der Waals surface area contributed by atoms with Gasteiger partial charge in [-0.3, -0.25) is 4.79 Å². The smallest absolute Gasteiger partial charge is 0.385 e. The molecule has 0 saturated carbocycles. The van der Waals surface area contributed by atoms with Gasteiger partial charge in [0.1, 0.15) is 0 Å². The van der Waals surface area contributed by atoms with Crippen LogP contribution in [0.2, 0.25) is 0 Å². The van der Waals surface area contributed by atoms with Gasteiger partial charge in [0.2, 0.25) is 0 Å². The van der Waals surface area contributed by atoms with Crippen molar-refractivity contribution >= 4 is 33.8 Å². The van der Waals surface area contributed by atoms with Crippen LogP contribution in [-0.4, -0.2) is 24.5 Å². The standard InChI is InChI=1S/C26H23F3N4OS/c1-30-25-33-21(16-35-25)14-15-31-19-10-12-20(13-11-19)32-24(34)23-5-3-2-4-22(23)17-6-8-18(9-7-17)26(27,28)29/h2-13,16,31H,14-15H2,1H3,(H,30,33)(H,32,34). The number of anilines is 3. The third kappa shape index (κ3) is 6.19. The Morgan fingerprint density at radius 2 is 1.63 bits per heavy atom. The first-order chi connectivity index (χ1) is 16.8. The van der Waals surface area contributed by atoms with Crippen LogP contribution in [0.25, 0.3) is 11.1 Å². The normalized spacial score (nSPS) is 11.2. The fourth-order valence-corrected chi connectivity index (χ4v) is 4.22. The van der Waals surface area contributed by atoms with Crippen LogP contribution in [0.4, 0.5) is 29.7 Å². The molecule has 4 aromatic rings. The summed E-state index contributed by atoms with van der Waals surface area (Å²) in [5.74, 6) is -0.343. The number of aromatic nitrogens is 1. The molecule has 0 atom stereocenters. The number of thiazole rings is 1. The van der Waals surface area contributed by atoms with E-state index in [0.29, 0.717) is 22.4 Å². The summed E-state index contributed by atoms with van der Waals surface area (Å²) < 4.78 is 38.7. The Hall–Kier alpha value is -3.85. The molecule has 0 fully saturated rings. The molecule has 9 heteroatoms. The van der Waals surface area contributed by atoms with E-state index in [4.69, 9.17) is 0 Å². The number of nitrogens with zero attached hydrogens (tertiary/aromatic N) is 1. The Balaban J connectivity index is 1.39. The Kier molecular flexibility index (Phi) is 7.36. The highest BCUT2D eigenvalue weighted by Gasteiger charge is 2.30. The second kappa shape index (κ2) is 10.6. The molecule has 0 radical (unpaired) electrons. The predicted molar refractivity (Wildman–Crippen MR) is 135 cm³/mol. The van der Waals surface area contributed by atoms with Crippen LogP contribution >= 0.6 is 11.3 Å². The molecule has 180 valence electrons. The number of benzene rings is 3. The summed E-state index contributed by atoms with van der Waals surface area (Å²) in [6.07, 6.45) is -3.62. The molecule has 1 aromatic heterocycles. The average molecular weight is 497 g/mol. The van der Waals surface area contributed by atoms with E-state index < -0.39 is 11.7 Å². The molecular weight excluding hydrogens is 473 g/mol. The van der Waals surface area contributed by atoms with Crippen molar-refractivity contribution in [2.24, 2.45) is 0 Å². The Morgan fingerprint density at radius 1 is 0.943 bits per heavy atom. The van der Waals surface area contributed by atoms with Gasteiger partial charge in [0, 0.05) is 42.3 Å². The van der Waals surface area contributed by atoms with Gasteiger partial charge in [-0.25, -0.2) is 4.98 Å². The molecule has 0 aliphatic carbocycles. The molecule has 0 aliphatic heterocycles. The molecule has 1 amide bonds. The number of carbonyl (C=O) groups excluding carboxylic acids is 1. The number of rotatable bonds is 8. The minimum atomic E-state index is -4.41. The molecule has 3 N–H and O–H groups in total. The lowest BCUT2D eigenvalue weighted by molar-refractivity contribution is -0.137. The maximum Gasteiger partial charge on any atom is 0.416 e. The fourth-order valence-electron chi connectivity index (χ4n) is 3.51. The van der Waals surface area contributed by atoms with Gasteiger partial charge in [0.15, 0.2) is 5.13 Å². The van der Waals surface area contributed by atoms with E-state index in [-0.39, 0.29) is 5.91 Å².